The van der Waals surface area contributed by atoms with Crippen molar-refractivity contribution >= 4 is 5.69 Å². The summed E-state index contributed by atoms with van der Waals surface area (Å²) in [6, 6.07) is 2.27. The summed E-state index contributed by atoms with van der Waals surface area (Å²) in [6.07, 6.45) is -5.60. The summed E-state index contributed by atoms with van der Waals surface area (Å²) >= 11 is 0. The van der Waals surface area contributed by atoms with Gasteiger partial charge in [0.25, 0.3) is 0 Å². The van der Waals surface area contributed by atoms with Crippen molar-refractivity contribution in [1.82, 2.24) is 0 Å². The van der Waals surface area contributed by atoms with Gasteiger partial charge in [-0.05, 0) is 20.3 Å². The Hall–Kier alpha value is -1.66. The predicted octanol–water partition coefficient (Wildman–Crippen LogP) is 3.92. The van der Waals surface area contributed by atoms with E-state index in [2.05, 4.69) is 0 Å². The highest BCUT2D eigenvalue weighted by molar-refractivity contribution is 5.56. The van der Waals surface area contributed by atoms with Crippen molar-refractivity contribution in [1.29, 1.82) is 0 Å². The number of benzene rings is 1. The van der Waals surface area contributed by atoms with Crippen LogP contribution in [0, 0.1) is 5.82 Å². The molecule has 0 aliphatic rings. The maximum Gasteiger partial charge on any atom is 0.389 e. The number of ether oxygens (including phenoxy) is 2. The van der Waals surface area contributed by atoms with Crippen LogP contribution in [0.4, 0.5) is 23.2 Å². The minimum atomic E-state index is -4.22. The summed E-state index contributed by atoms with van der Waals surface area (Å²) in [5.74, 6) is -0.567. The molecule has 0 saturated carbocycles. The number of halogens is 4. The molecule has 0 unspecified atom stereocenters. The van der Waals surface area contributed by atoms with Crippen LogP contribution in [0.1, 0.15) is 26.7 Å². The molecule has 0 atom stereocenters. The fourth-order valence-corrected chi connectivity index (χ4v) is 1.47. The molecule has 0 bridgehead atoms. The summed E-state index contributed by atoms with van der Waals surface area (Å²) < 4.78 is 59.8. The molecule has 1 rings (SSSR count). The zero-order valence-electron chi connectivity index (χ0n) is 11.3. The van der Waals surface area contributed by atoms with E-state index in [9.17, 15) is 17.6 Å². The largest absolute Gasteiger partial charge is 0.491 e. The maximum atomic E-state index is 13.5. The summed E-state index contributed by atoms with van der Waals surface area (Å²) in [5, 5.41) is 0. The van der Waals surface area contributed by atoms with E-state index in [0.29, 0.717) is 0 Å². The third kappa shape index (κ3) is 5.54. The second kappa shape index (κ2) is 6.67. The third-order valence-corrected chi connectivity index (χ3v) is 2.29. The van der Waals surface area contributed by atoms with Crippen molar-refractivity contribution in [3.8, 4) is 11.5 Å². The average Bonchev–Trinajstić information content (AvgIpc) is 2.28. The van der Waals surface area contributed by atoms with Gasteiger partial charge in [0.05, 0.1) is 18.4 Å². The standard InChI is InChI=1S/C13H17F4NO2/c1-8(2)20-11-7-12(10(18)6-9(11)14)19-5-3-4-13(15,16)17/h6-8H,3-5,18H2,1-2H3. The Morgan fingerprint density at radius 3 is 2.40 bits per heavy atom. The number of nitrogen functional groups attached to an aromatic ring is 1. The number of anilines is 1. The molecule has 0 radical (unpaired) electrons. The topological polar surface area (TPSA) is 44.5 Å². The van der Waals surface area contributed by atoms with Gasteiger partial charge in [0.15, 0.2) is 11.6 Å². The minimum Gasteiger partial charge on any atom is -0.491 e. The van der Waals surface area contributed by atoms with Gasteiger partial charge in [-0.25, -0.2) is 4.39 Å². The Balaban J connectivity index is 2.65. The molecule has 0 aliphatic heterocycles. The van der Waals surface area contributed by atoms with Crippen molar-refractivity contribution in [2.45, 2.75) is 39.0 Å². The van der Waals surface area contributed by atoms with E-state index in [1.165, 1.54) is 6.07 Å². The van der Waals surface area contributed by atoms with Gasteiger partial charge in [-0.3, -0.25) is 0 Å². The van der Waals surface area contributed by atoms with Crippen LogP contribution in [0.5, 0.6) is 11.5 Å². The molecule has 114 valence electrons. The second-order valence-corrected chi connectivity index (χ2v) is 4.55. The van der Waals surface area contributed by atoms with Gasteiger partial charge < -0.3 is 15.2 Å². The highest BCUT2D eigenvalue weighted by Crippen LogP contribution is 2.31. The molecule has 0 heterocycles. The van der Waals surface area contributed by atoms with Gasteiger partial charge in [-0.15, -0.1) is 0 Å². The Kier molecular flexibility index (Phi) is 5.47. The maximum absolute atomic E-state index is 13.5. The van der Waals surface area contributed by atoms with Crippen LogP contribution < -0.4 is 15.2 Å². The molecule has 20 heavy (non-hydrogen) atoms. The first-order valence-corrected chi connectivity index (χ1v) is 6.14. The van der Waals surface area contributed by atoms with E-state index >= 15 is 0 Å². The molecule has 0 spiro atoms. The molecule has 0 saturated heterocycles. The van der Waals surface area contributed by atoms with Crippen LogP contribution in [-0.4, -0.2) is 18.9 Å². The predicted molar refractivity (Wildman–Crippen MR) is 67.4 cm³/mol. The van der Waals surface area contributed by atoms with E-state index in [-0.39, 0.29) is 36.3 Å². The van der Waals surface area contributed by atoms with E-state index in [0.717, 1.165) is 6.07 Å². The number of alkyl halides is 3. The minimum absolute atomic E-state index is 0.0191. The van der Waals surface area contributed by atoms with Crippen molar-refractivity contribution in [2.75, 3.05) is 12.3 Å². The van der Waals surface area contributed by atoms with Crippen LogP contribution in [0.25, 0.3) is 0 Å². The first-order chi connectivity index (χ1) is 9.19. The van der Waals surface area contributed by atoms with Crippen molar-refractivity contribution in [2.24, 2.45) is 0 Å². The summed E-state index contributed by atoms with van der Waals surface area (Å²) in [6.45, 7) is 3.29. The number of rotatable bonds is 6. The van der Waals surface area contributed by atoms with Crippen LogP contribution in [0.3, 0.4) is 0 Å². The van der Waals surface area contributed by atoms with Crippen molar-refractivity contribution < 1.29 is 27.0 Å². The molecule has 1 aromatic carbocycles. The smallest absolute Gasteiger partial charge is 0.389 e. The molecule has 2 N–H and O–H groups in total. The normalized spacial score (nSPS) is 11.8. The molecule has 1 aromatic rings. The van der Waals surface area contributed by atoms with E-state index in [4.69, 9.17) is 15.2 Å². The number of nitrogens with two attached hydrogens (primary N) is 1. The van der Waals surface area contributed by atoms with Crippen LogP contribution >= 0.6 is 0 Å². The molecular formula is C13H17F4NO2. The SMILES string of the molecule is CC(C)Oc1cc(OCCCC(F)(F)F)c(N)cc1F. The lowest BCUT2D eigenvalue weighted by Gasteiger charge is -2.14. The van der Waals surface area contributed by atoms with Gasteiger partial charge >= 0.3 is 6.18 Å². The van der Waals surface area contributed by atoms with E-state index < -0.39 is 18.4 Å². The monoisotopic (exact) mass is 295 g/mol. The van der Waals surface area contributed by atoms with Crippen molar-refractivity contribution in [3.63, 3.8) is 0 Å². The average molecular weight is 295 g/mol. The quantitative estimate of drug-likeness (QED) is 0.491. The Labute approximate surface area is 114 Å². The lowest BCUT2D eigenvalue weighted by atomic mass is 10.2. The first kappa shape index (κ1) is 16.4. The van der Waals surface area contributed by atoms with E-state index in [1.807, 2.05) is 0 Å². The van der Waals surface area contributed by atoms with Gasteiger partial charge in [0.1, 0.15) is 5.75 Å². The molecule has 0 amide bonds. The highest BCUT2D eigenvalue weighted by Gasteiger charge is 2.26. The third-order valence-electron chi connectivity index (χ3n) is 2.29. The Morgan fingerprint density at radius 1 is 1.20 bits per heavy atom. The zero-order chi connectivity index (χ0) is 15.3. The molecule has 7 heteroatoms. The van der Waals surface area contributed by atoms with Gasteiger partial charge in [-0.1, -0.05) is 0 Å². The molecule has 3 nitrogen and oxygen atoms in total. The van der Waals surface area contributed by atoms with Crippen LogP contribution in [-0.2, 0) is 0 Å². The lowest BCUT2D eigenvalue weighted by molar-refractivity contribution is -0.136. The van der Waals surface area contributed by atoms with Gasteiger partial charge in [0, 0.05) is 18.6 Å². The van der Waals surface area contributed by atoms with Crippen molar-refractivity contribution in [3.05, 3.63) is 17.9 Å². The molecule has 0 aliphatic carbocycles. The zero-order valence-corrected chi connectivity index (χ0v) is 11.3. The van der Waals surface area contributed by atoms with Crippen LogP contribution in [0.15, 0.2) is 12.1 Å². The van der Waals surface area contributed by atoms with Gasteiger partial charge in [-0.2, -0.15) is 13.2 Å². The number of hydrogen-bond acceptors (Lipinski definition) is 3. The molecule has 0 fully saturated rings. The Morgan fingerprint density at radius 2 is 1.85 bits per heavy atom. The molecular weight excluding hydrogens is 278 g/mol. The Bertz CT molecular complexity index is 447. The highest BCUT2D eigenvalue weighted by atomic mass is 19.4. The van der Waals surface area contributed by atoms with Gasteiger partial charge in [0.2, 0.25) is 0 Å². The number of hydrogen-bond donors (Lipinski definition) is 1. The van der Waals surface area contributed by atoms with Crippen LogP contribution in [0.2, 0.25) is 0 Å². The molecule has 0 aromatic heterocycles. The lowest BCUT2D eigenvalue weighted by Crippen LogP contribution is -2.11. The second-order valence-electron chi connectivity index (χ2n) is 4.55. The fraction of sp³-hybridized carbons (Fsp3) is 0.538. The van der Waals surface area contributed by atoms with E-state index in [1.54, 1.807) is 13.8 Å². The fourth-order valence-electron chi connectivity index (χ4n) is 1.47. The summed E-state index contributed by atoms with van der Waals surface area (Å²) in [5.41, 5.74) is 5.57. The first-order valence-electron chi connectivity index (χ1n) is 6.14. The summed E-state index contributed by atoms with van der Waals surface area (Å²) in [7, 11) is 0. The summed E-state index contributed by atoms with van der Waals surface area (Å²) in [4.78, 5) is 0.